The van der Waals surface area contributed by atoms with Crippen molar-refractivity contribution in [3.05, 3.63) is 59.7 Å². The lowest BCUT2D eigenvalue weighted by Crippen LogP contribution is -2.50. The van der Waals surface area contributed by atoms with Crippen LogP contribution in [0.15, 0.2) is 48.5 Å². The Morgan fingerprint density at radius 1 is 1.00 bits per heavy atom. The standard InChI is InChI=1S/C24H26N2O6/c27-12-21(23(29)30)25-22(28)18-10-5-11-20(18)26-24(31)32-13-19-16-8-3-1-6-14(16)15-7-2-4-9-17(15)19/h1-4,6-9,18-21,27H,5,10-13H2,(H,25,28)(H,26,31)(H,29,30)/t18-,20+,21+/m0/s1. The van der Waals surface area contributed by atoms with Crippen LogP contribution < -0.4 is 10.6 Å². The molecule has 4 rings (SSSR count). The Bertz CT molecular complexity index is 978. The molecule has 1 fully saturated rings. The number of amides is 2. The monoisotopic (exact) mass is 438 g/mol. The van der Waals surface area contributed by atoms with Crippen molar-refractivity contribution >= 4 is 18.0 Å². The van der Waals surface area contributed by atoms with Gasteiger partial charge in [-0.25, -0.2) is 9.59 Å². The first kappa shape index (κ1) is 21.8. The van der Waals surface area contributed by atoms with Gasteiger partial charge < -0.3 is 25.6 Å². The van der Waals surface area contributed by atoms with Crippen LogP contribution in [0.1, 0.15) is 36.3 Å². The highest BCUT2D eigenvalue weighted by Gasteiger charge is 2.36. The van der Waals surface area contributed by atoms with Crippen LogP contribution in [0, 0.1) is 5.92 Å². The SMILES string of the molecule is O=C(N[C@@H]1CCC[C@@H]1C(=O)N[C@H](CO)C(=O)O)OCC1c2ccccc2-c2ccccc21. The van der Waals surface area contributed by atoms with Crippen LogP contribution in [0.3, 0.4) is 0 Å². The zero-order valence-corrected chi connectivity index (χ0v) is 17.5. The molecule has 4 N–H and O–H groups in total. The van der Waals surface area contributed by atoms with E-state index in [1.165, 1.54) is 0 Å². The largest absolute Gasteiger partial charge is 0.480 e. The molecule has 2 aliphatic rings. The molecule has 2 aromatic carbocycles. The Morgan fingerprint density at radius 2 is 1.62 bits per heavy atom. The smallest absolute Gasteiger partial charge is 0.407 e. The molecule has 0 saturated heterocycles. The second-order valence-corrected chi connectivity index (χ2v) is 8.20. The maximum absolute atomic E-state index is 12.5. The summed E-state index contributed by atoms with van der Waals surface area (Å²) >= 11 is 0. The number of carbonyl (C=O) groups is 3. The zero-order valence-electron chi connectivity index (χ0n) is 17.5. The summed E-state index contributed by atoms with van der Waals surface area (Å²) in [6.07, 6.45) is 1.24. The van der Waals surface area contributed by atoms with E-state index in [2.05, 4.69) is 22.8 Å². The summed E-state index contributed by atoms with van der Waals surface area (Å²) in [5, 5.41) is 23.3. The summed E-state index contributed by atoms with van der Waals surface area (Å²) in [6.45, 7) is -0.521. The van der Waals surface area contributed by atoms with Gasteiger partial charge >= 0.3 is 12.1 Å². The fourth-order valence-corrected chi connectivity index (χ4v) is 4.70. The van der Waals surface area contributed by atoms with Crippen molar-refractivity contribution in [2.75, 3.05) is 13.2 Å². The number of hydrogen-bond donors (Lipinski definition) is 4. The molecule has 0 spiro atoms. The van der Waals surface area contributed by atoms with Crippen LogP contribution in [0.2, 0.25) is 0 Å². The summed E-state index contributed by atoms with van der Waals surface area (Å²) in [5.41, 5.74) is 4.51. The highest BCUT2D eigenvalue weighted by molar-refractivity contribution is 5.86. The quantitative estimate of drug-likeness (QED) is 0.526. The summed E-state index contributed by atoms with van der Waals surface area (Å²) in [5.74, 6) is -2.42. The van der Waals surface area contributed by atoms with Gasteiger partial charge in [-0.1, -0.05) is 55.0 Å². The summed E-state index contributed by atoms with van der Waals surface area (Å²) in [4.78, 5) is 36.1. The van der Waals surface area contributed by atoms with Gasteiger partial charge in [-0.3, -0.25) is 4.79 Å². The van der Waals surface area contributed by atoms with Gasteiger partial charge in [0.1, 0.15) is 12.6 Å². The van der Waals surface area contributed by atoms with E-state index in [0.717, 1.165) is 28.7 Å². The van der Waals surface area contributed by atoms with Gasteiger partial charge in [-0.05, 0) is 35.1 Å². The van der Waals surface area contributed by atoms with E-state index in [4.69, 9.17) is 14.9 Å². The zero-order chi connectivity index (χ0) is 22.7. The first-order chi connectivity index (χ1) is 15.5. The number of carboxylic acid groups (broad SMARTS) is 1. The number of rotatable bonds is 7. The molecule has 8 heteroatoms. The third kappa shape index (κ3) is 4.31. The molecule has 32 heavy (non-hydrogen) atoms. The van der Waals surface area contributed by atoms with Crippen LogP contribution in [-0.4, -0.2) is 53.5 Å². The number of aliphatic hydroxyl groups is 1. The number of aliphatic carboxylic acids is 1. The molecule has 0 aliphatic heterocycles. The highest BCUT2D eigenvalue weighted by Crippen LogP contribution is 2.44. The van der Waals surface area contributed by atoms with Crippen LogP contribution in [0.25, 0.3) is 11.1 Å². The van der Waals surface area contributed by atoms with Crippen molar-refractivity contribution in [2.24, 2.45) is 5.92 Å². The Hall–Kier alpha value is -3.39. The highest BCUT2D eigenvalue weighted by atomic mass is 16.5. The molecule has 2 amide bonds. The number of aliphatic hydroxyl groups excluding tert-OH is 1. The van der Waals surface area contributed by atoms with E-state index in [-0.39, 0.29) is 12.5 Å². The lowest BCUT2D eigenvalue weighted by atomic mass is 9.98. The average Bonchev–Trinajstić information content (AvgIpc) is 3.38. The molecule has 8 nitrogen and oxygen atoms in total. The number of carbonyl (C=O) groups excluding carboxylic acids is 2. The molecule has 168 valence electrons. The van der Waals surface area contributed by atoms with E-state index in [1.54, 1.807) is 0 Å². The molecule has 0 heterocycles. The third-order valence-corrected chi connectivity index (χ3v) is 6.30. The molecule has 0 aromatic heterocycles. The molecule has 1 saturated carbocycles. The van der Waals surface area contributed by atoms with Gasteiger partial charge in [0.25, 0.3) is 0 Å². The van der Waals surface area contributed by atoms with Gasteiger partial charge in [0.2, 0.25) is 5.91 Å². The number of hydrogen-bond acceptors (Lipinski definition) is 5. The number of alkyl carbamates (subject to hydrolysis) is 1. The number of fused-ring (bicyclic) bond motifs is 3. The van der Waals surface area contributed by atoms with Crippen LogP contribution >= 0.6 is 0 Å². The molecule has 2 aromatic rings. The van der Waals surface area contributed by atoms with Gasteiger partial charge in [-0.15, -0.1) is 0 Å². The summed E-state index contributed by atoms with van der Waals surface area (Å²) in [7, 11) is 0. The fourth-order valence-electron chi connectivity index (χ4n) is 4.70. The molecule has 2 aliphatic carbocycles. The first-order valence-electron chi connectivity index (χ1n) is 10.7. The fraction of sp³-hybridized carbons (Fsp3) is 0.375. The Morgan fingerprint density at radius 3 is 2.22 bits per heavy atom. The van der Waals surface area contributed by atoms with Gasteiger partial charge in [0.15, 0.2) is 0 Å². The Kier molecular flexibility index (Phi) is 6.41. The number of nitrogens with one attached hydrogen (secondary N) is 2. The molecular formula is C24H26N2O6. The van der Waals surface area contributed by atoms with Crippen molar-refractivity contribution in [1.29, 1.82) is 0 Å². The molecular weight excluding hydrogens is 412 g/mol. The third-order valence-electron chi connectivity index (χ3n) is 6.30. The molecule has 0 radical (unpaired) electrons. The topological polar surface area (TPSA) is 125 Å². The Balaban J connectivity index is 1.37. The molecule has 0 bridgehead atoms. The molecule has 3 atom stereocenters. The molecule has 0 unspecified atom stereocenters. The van der Waals surface area contributed by atoms with Crippen LogP contribution in [0.4, 0.5) is 4.79 Å². The van der Waals surface area contributed by atoms with Crippen LogP contribution in [-0.2, 0) is 14.3 Å². The predicted molar refractivity (Wildman–Crippen MR) is 116 cm³/mol. The first-order valence-corrected chi connectivity index (χ1v) is 10.7. The minimum atomic E-state index is -1.36. The van der Waals surface area contributed by atoms with E-state index < -0.39 is 42.6 Å². The van der Waals surface area contributed by atoms with Gasteiger partial charge in [0.05, 0.1) is 12.5 Å². The number of carboxylic acids is 1. The average molecular weight is 438 g/mol. The van der Waals surface area contributed by atoms with Crippen molar-refractivity contribution in [3.8, 4) is 11.1 Å². The van der Waals surface area contributed by atoms with E-state index in [9.17, 15) is 14.4 Å². The Labute approximate surface area is 185 Å². The van der Waals surface area contributed by atoms with Crippen LogP contribution in [0.5, 0.6) is 0 Å². The van der Waals surface area contributed by atoms with Crippen molar-refractivity contribution < 1.29 is 29.3 Å². The van der Waals surface area contributed by atoms with Gasteiger partial charge in [-0.2, -0.15) is 0 Å². The van der Waals surface area contributed by atoms with Crippen molar-refractivity contribution in [3.63, 3.8) is 0 Å². The number of ether oxygens (including phenoxy) is 1. The van der Waals surface area contributed by atoms with Crippen molar-refractivity contribution in [2.45, 2.75) is 37.3 Å². The number of benzene rings is 2. The maximum atomic E-state index is 12.5. The van der Waals surface area contributed by atoms with E-state index >= 15 is 0 Å². The van der Waals surface area contributed by atoms with Crippen molar-refractivity contribution in [1.82, 2.24) is 10.6 Å². The summed E-state index contributed by atoms with van der Waals surface area (Å²) < 4.78 is 5.55. The normalized spacial score (nSPS) is 20.2. The minimum absolute atomic E-state index is 0.0586. The minimum Gasteiger partial charge on any atom is -0.480 e. The lowest BCUT2D eigenvalue weighted by molar-refractivity contribution is -0.143. The second-order valence-electron chi connectivity index (χ2n) is 8.20. The maximum Gasteiger partial charge on any atom is 0.407 e. The summed E-state index contributed by atoms with van der Waals surface area (Å²) in [6, 6.07) is 14.3. The van der Waals surface area contributed by atoms with E-state index in [1.807, 2.05) is 36.4 Å². The van der Waals surface area contributed by atoms with Gasteiger partial charge in [0, 0.05) is 12.0 Å². The predicted octanol–water partition coefficient (Wildman–Crippen LogP) is 2.26. The lowest BCUT2D eigenvalue weighted by Gasteiger charge is -2.22. The second kappa shape index (κ2) is 9.40. The van der Waals surface area contributed by atoms with E-state index in [0.29, 0.717) is 12.8 Å².